The minimum atomic E-state index is -0.129. The van der Waals surface area contributed by atoms with Crippen molar-refractivity contribution >= 4 is 5.97 Å². The number of carbonyl (C=O) groups excluding carboxylic acids is 1. The first-order chi connectivity index (χ1) is 7.29. The minimum Gasteiger partial charge on any atom is -0.426 e. The Morgan fingerprint density at radius 2 is 2.20 bits per heavy atom. The van der Waals surface area contributed by atoms with Crippen LogP contribution in [0.25, 0.3) is 0 Å². The van der Waals surface area contributed by atoms with Crippen LogP contribution in [-0.2, 0) is 17.6 Å². The van der Waals surface area contributed by atoms with E-state index in [2.05, 4.69) is 19.1 Å². The van der Waals surface area contributed by atoms with Crippen LogP contribution < -0.4 is 4.74 Å². The maximum absolute atomic E-state index is 11.0. The van der Waals surface area contributed by atoms with Crippen molar-refractivity contribution in [1.82, 2.24) is 0 Å². The molecule has 0 aromatic heterocycles. The summed E-state index contributed by atoms with van der Waals surface area (Å²) in [6.45, 7) is 2.20. The number of hydrogen-bond acceptors (Lipinski definition) is 2. The molecular weight excluding hydrogens is 188 g/mol. The van der Waals surface area contributed by atoms with Gasteiger partial charge in [-0.25, -0.2) is 0 Å². The van der Waals surface area contributed by atoms with E-state index in [1.807, 2.05) is 6.07 Å². The Labute approximate surface area is 90.3 Å². The first kappa shape index (κ1) is 10.2. The lowest BCUT2D eigenvalue weighted by atomic mass is 10.0. The molecule has 0 fully saturated rings. The van der Waals surface area contributed by atoms with Gasteiger partial charge in [0.05, 0.1) is 6.42 Å². The summed E-state index contributed by atoms with van der Waals surface area (Å²) in [6.07, 6.45) is 5.29. The lowest BCUT2D eigenvalue weighted by Gasteiger charge is -2.02. The van der Waals surface area contributed by atoms with Crippen LogP contribution >= 0.6 is 0 Å². The van der Waals surface area contributed by atoms with Crippen molar-refractivity contribution in [2.75, 3.05) is 0 Å². The van der Waals surface area contributed by atoms with Crippen LogP contribution in [0.1, 0.15) is 37.3 Å². The third-order valence-electron chi connectivity index (χ3n) is 2.75. The second-order valence-electron chi connectivity index (χ2n) is 4.05. The van der Waals surface area contributed by atoms with Crippen LogP contribution in [0.3, 0.4) is 0 Å². The van der Waals surface area contributed by atoms with Crippen molar-refractivity contribution in [3.05, 3.63) is 29.3 Å². The van der Waals surface area contributed by atoms with Crippen molar-refractivity contribution in [2.45, 2.75) is 39.0 Å². The summed E-state index contributed by atoms with van der Waals surface area (Å²) < 4.78 is 5.05. The Balaban J connectivity index is 2.03. The Morgan fingerprint density at radius 3 is 3.00 bits per heavy atom. The molecule has 15 heavy (non-hydrogen) atoms. The molecule has 0 saturated carbocycles. The second kappa shape index (κ2) is 4.47. The zero-order valence-electron chi connectivity index (χ0n) is 9.08. The standard InChI is InChI=1S/C13H16O2/c1-2-3-4-5-10-6-7-12-11(8-10)9-13(14)15-12/h6-8H,2-5,9H2,1H3. The average molecular weight is 204 g/mol. The van der Waals surface area contributed by atoms with Gasteiger partial charge < -0.3 is 4.74 Å². The van der Waals surface area contributed by atoms with E-state index in [1.165, 1.54) is 24.8 Å². The second-order valence-corrected chi connectivity index (χ2v) is 4.05. The highest BCUT2D eigenvalue weighted by atomic mass is 16.5. The molecule has 1 aromatic carbocycles. The first-order valence-electron chi connectivity index (χ1n) is 5.62. The topological polar surface area (TPSA) is 26.3 Å². The normalized spacial score (nSPS) is 13.8. The molecule has 80 valence electrons. The summed E-state index contributed by atoms with van der Waals surface area (Å²) in [5.41, 5.74) is 2.37. The van der Waals surface area contributed by atoms with Crippen LogP contribution in [0.15, 0.2) is 18.2 Å². The summed E-state index contributed by atoms with van der Waals surface area (Å²) in [7, 11) is 0. The van der Waals surface area contributed by atoms with Crippen LogP contribution in [0.2, 0.25) is 0 Å². The molecule has 0 radical (unpaired) electrons. The maximum atomic E-state index is 11.0. The molecule has 2 rings (SSSR count). The summed E-state index contributed by atoms with van der Waals surface area (Å²) >= 11 is 0. The lowest BCUT2D eigenvalue weighted by molar-refractivity contribution is -0.131. The molecule has 0 unspecified atom stereocenters. The largest absolute Gasteiger partial charge is 0.426 e. The number of ether oxygens (including phenoxy) is 1. The van der Waals surface area contributed by atoms with E-state index >= 15 is 0 Å². The molecule has 0 saturated heterocycles. The van der Waals surface area contributed by atoms with Gasteiger partial charge in [-0.1, -0.05) is 31.9 Å². The van der Waals surface area contributed by atoms with E-state index in [9.17, 15) is 4.79 Å². The van der Waals surface area contributed by atoms with Crippen LogP contribution in [0, 0.1) is 0 Å². The third-order valence-corrected chi connectivity index (χ3v) is 2.75. The smallest absolute Gasteiger partial charge is 0.315 e. The fourth-order valence-corrected chi connectivity index (χ4v) is 1.92. The molecule has 2 heteroatoms. The number of benzene rings is 1. The van der Waals surface area contributed by atoms with E-state index in [0.29, 0.717) is 6.42 Å². The zero-order valence-corrected chi connectivity index (χ0v) is 9.08. The SMILES string of the molecule is CCCCCc1ccc2c(c1)CC(=O)O2. The number of aryl methyl sites for hydroxylation is 1. The van der Waals surface area contributed by atoms with Crippen molar-refractivity contribution < 1.29 is 9.53 Å². The Morgan fingerprint density at radius 1 is 1.33 bits per heavy atom. The Bertz CT molecular complexity index is 369. The van der Waals surface area contributed by atoms with Crippen LogP contribution in [0.5, 0.6) is 5.75 Å². The van der Waals surface area contributed by atoms with Gasteiger partial charge in [0.15, 0.2) is 0 Å². The number of esters is 1. The molecule has 0 amide bonds. The van der Waals surface area contributed by atoms with Gasteiger partial charge in [0.2, 0.25) is 0 Å². The third kappa shape index (κ3) is 2.38. The molecular formula is C13H16O2. The van der Waals surface area contributed by atoms with E-state index in [-0.39, 0.29) is 5.97 Å². The minimum absolute atomic E-state index is 0.129. The van der Waals surface area contributed by atoms with Crippen LogP contribution in [0.4, 0.5) is 0 Å². The predicted molar refractivity (Wildman–Crippen MR) is 59.0 cm³/mol. The van der Waals surface area contributed by atoms with Crippen molar-refractivity contribution in [2.24, 2.45) is 0 Å². The Hall–Kier alpha value is -1.31. The summed E-state index contributed by atoms with van der Waals surface area (Å²) in [6, 6.07) is 6.09. The van der Waals surface area contributed by atoms with Gasteiger partial charge in [-0.05, 0) is 24.5 Å². The highest BCUT2D eigenvalue weighted by molar-refractivity contribution is 5.81. The molecule has 2 nitrogen and oxygen atoms in total. The average Bonchev–Trinajstić information content (AvgIpc) is 2.57. The highest BCUT2D eigenvalue weighted by Gasteiger charge is 2.19. The molecule has 1 aromatic rings. The van der Waals surface area contributed by atoms with Gasteiger partial charge in [0.25, 0.3) is 0 Å². The summed E-state index contributed by atoms with van der Waals surface area (Å²) in [5, 5.41) is 0. The fourth-order valence-electron chi connectivity index (χ4n) is 1.92. The van der Waals surface area contributed by atoms with Crippen molar-refractivity contribution in [3.63, 3.8) is 0 Å². The number of rotatable bonds is 4. The van der Waals surface area contributed by atoms with Crippen molar-refractivity contribution in [1.29, 1.82) is 0 Å². The molecule has 0 spiro atoms. The molecule has 0 bridgehead atoms. The van der Waals surface area contributed by atoms with E-state index < -0.39 is 0 Å². The quantitative estimate of drug-likeness (QED) is 0.428. The summed E-state index contributed by atoms with van der Waals surface area (Å²) in [4.78, 5) is 11.0. The van der Waals surface area contributed by atoms with Gasteiger partial charge in [0, 0.05) is 5.56 Å². The molecule has 1 heterocycles. The predicted octanol–water partition coefficient (Wildman–Crippen LogP) is 2.88. The van der Waals surface area contributed by atoms with Gasteiger partial charge in [-0.15, -0.1) is 0 Å². The number of carbonyl (C=O) groups is 1. The Kier molecular flexibility index (Phi) is 3.05. The maximum Gasteiger partial charge on any atom is 0.315 e. The molecule has 1 aliphatic heterocycles. The molecule has 0 atom stereocenters. The lowest BCUT2D eigenvalue weighted by Crippen LogP contribution is -2.00. The van der Waals surface area contributed by atoms with Gasteiger partial charge in [0.1, 0.15) is 5.75 Å². The van der Waals surface area contributed by atoms with Crippen LogP contribution in [-0.4, -0.2) is 5.97 Å². The fraction of sp³-hybridized carbons (Fsp3) is 0.462. The zero-order chi connectivity index (χ0) is 10.7. The monoisotopic (exact) mass is 204 g/mol. The van der Waals surface area contributed by atoms with E-state index in [1.54, 1.807) is 0 Å². The highest BCUT2D eigenvalue weighted by Crippen LogP contribution is 2.27. The first-order valence-corrected chi connectivity index (χ1v) is 5.62. The van der Waals surface area contributed by atoms with E-state index in [4.69, 9.17) is 4.74 Å². The van der Waals surface area contributed by atoms with E-state index in [0.717, 1.165) is 17.7 Å². The molecule has 0 aliphatic carbocycles. The van der Waals surface area contributed by atoms with Gasteiger partial charge in [-0.2, -0.15) is 0 Å². The number of fused-ring (bicyclic) bond motifs is 1. The number of unbranched alkanes of at least 4 members (excludes halogenated alkanes) is 2. The van der Waals surface area contributed by atoms with Gasteiger partial charge in [-0.3, -0.25) is 4.79 Å². The molecule has 1 aliphatic rings. The van der Waals surface area contributed by atoms with Crippen molar-refractivity contribution in [3.8, 4) is 5.75 Å². The van der Waals surface area contributed by atoms with Gasteiger partial charge >= 0.3 is 5.97 Å². The summed E-state index contributed by atoms with van der Waals surface area (Å²) in [5.74, 6) is 0.620. The number of hydrogen-bond donors (Lipinski definition) is 0. The molecule has 0 N–H and O–H groups in total.